The molecule has 1 fully saturated rings. The Labute approximate surface area is 161 Å². The first-order valence-corrected chi connectivity index (χ1v) is 10.5. The van der Waals surface area contributed by atoms with Gasteiger partial charge in [-0.2, -0.15) is 0 Å². The van der Waals surface area contributed by atoms with Crippen LogP contribution in [0.25, 0.3) is 10.4 Å². The molecule has 2 rings (SSSR count). The van der Waals surface area contributed by atoms with Crippen molar-refractivity contribution in [2.75, 3.05) is 19.8 Å². The second-order valence-electron chi connectivity index (χ2n) is 6.23. The maximum absolute atomic E-state index is 12.7. The second-order valence-corrected chi connectivity index (χ2v) is 8.06. The van der Waals surface area contributed by atoms with Crippen LogP contribution >= 0.6 is 7.75 Å². The molecular weight excluding hydrogens is 391 g/mol. The summed E-state index contributed by atoms with van der Waals surface area (Å²) in [4.78, 5) is 28.7. The second kappa shape index (κ2) is 10.0. The van der Waals surface area contributed by atoms with Crippen LogP contribution in [0, 0.1) is 6.92 Å². The van der Waals surface area contributed by atoms with Crippen molar-refractivity contribution in [2.45, 2.75) is 52.0 Å². The number of ether oxygens (including phenoxy) is 1. The van der Waals surface area contributed by atoms with Gasteiger partial charge in [-0.25, -0.2) is 14.4 Å². The van der Waals surface area contributed by atoms with Crippen LogP contribution in [-0.4, -0.2) is 41.5 Å². The molecule has 156 valence electrons. The number of hydrogen-bond donors (Lipinski definition) is 2. The van der Waals surface area contributed by atoms with Crippen LogP contribution in [0.3, 0.4) is 0 Å². The lowest BCUT2D eigenvalue weighted by atomic mass is 10.1. The molecule has 0 saturated carbocycles. The Morgan fingerprint density at radius 1 is 1.46 bits per heavy atom. The molecule has 1 aromatic rings. The molecular formula is C15H25N6O6P. The van der Waals surface area contributed by atoms with Gasteiger partial charge in [-0.15, -0.1) is 0 Å². The van der Waals surface area contributed by atoms with Crippen molar-refractivity contribution < 1.29 is 18.3 Å². The first-order chi connectivity index (χ1) is 13.3. The van der Waals surface area contributed by atoms with Crippen molar-refractivity contribution in [3.05, 3.63) is 43.0 Å². The van der Waals surface area contributed by atoms with Gasteiger partial charge in [0.05, 0.1) is 25.4 Å². The molecule has 0 radical (unpaired) electrons. The molecule has 1 aliphatic rings. The SMILES string of the molecule is CCCNP(=O)(OCC)OC[C@H]1O[C@@H](n2cc(C)c(=O)[nH]c2=O)C[C@@H]1N=[N+]=[N-]. The smallest absolute Gasteiger partial charge is 0.352 e. The average molecular weight is 416 g/mol. The number of nitrogens with zero attached hydrogens (tertiary/aromatic N) is 4. The Morgan fingerprint density at radius 2 is 2.21 bits per heavy atom. The topological polar surface area (TPSA) is 160 Å². The van der Waals surface area contributed by atoms with Crippen molar-refractivity contribution in [3.63, 3.8) is 0 Å². The van der Waals surface area contributed by atoms with Crippen LogP contribution < -0.4 is 16.3 Å². The minimum atomic E-state index is -3.53. The fourth-order valence-corrected chi connectivity index (χ4v) is 4.18. The van der Waals surface area contributed by atoms with Crippen molar-refractivity contribution >= 4 is 7.75 Å². The van der Waals surface area contributed by atoms with E-state index in [2.05, 4.69) is 20.1 Å². The third kappa shape index (κ3) is 5.54. The van der Waals surface area contributed by atoms with Gasteiger partial charge in [-0.1, -0.05) is 12.0 Å². The van der Waals surface area contributed by atoms with E-state index in [4.69, 9.17) is 19.3 Å². The van der Waals surface area contributed by atoms with Gasteiger partial charge in [0.2, 0.25) is 0 Å². The molecule has 1 aliphatic heterocycles. The largest absolute Gasteiger partial charge is 0.405 e. The van der Waals surface area contributed by atoms with E-state index in [-0.39, 0.29) is 19.6 Å². The molecule has 1 unspecified atom stereocenters. The third-order valence-corrected chi connectivity index (χ3v) is 5.82. The highest BCUT2D eigenvalue weighted by atomic mass is 31.2. The van der Waals surface area contributed by atoms with E-state index in [1.807, 2.05) is 6.92 Å². The molecule has 0 amide bonds. The van der Waals surface area contributed by atoms with E-state index in [9.17, 15) is 14.2 Å². The van der Waals surface area contributed by atoms with Crippen LogP contribution in [0.5, 0.6) is 0 Å². The van der Waals surface area contributed by atoms with Crippen molar-refractivity contribution in [2.24, 2.45) is 5.11 Å². The quantitative estimate of drug-likeness (QED) is 0.255. The number of nitrogens with one attached hydrogen (secondary N) is 2. The summed E-state index contributed by atoms with van der Waals surface area (Å²) in [5.41, 5.74) is 8.05. The highest BCUT2D eigenvalue weighted by Gasteiger charge is 2.38. The molecule has 0 spiro atoms. The molecule has 12 nitrogen and oxygen atoms in total. The van der Waals surface area contributed by atoms with Crippen LogP contribution in [0.2, 0.25) is 0 Å². The van der Waals surface area contributed by atoms with E-state index in [0.717, 1.165) is 6.42 Å². The molecule has 2 N–H and O–H groups in total. The summed E-state index contributed by atoms with van der Waals surface area (Å²) in [5.74, 6) is 0. The molecule has 0 aliphatic carbocycles. The van der Waals surface area contributed by atoms with Crippen molar-refractivity contribution in [1.82, 2.24) is 14.6 Å². The van der Waals surface area contributed by atoms with Crippen molar-refractivity contribution in [1.29, 1.82) is 0 Å². The summed E-state index contributed by atoms with van der Waals surface area (Å²) in [6, 6.07) is -0.643. The molecule has 28 heavy (non-hydrogen) atoms. The first-order valence-electron chi connectivity index (χ1n) is 8.99. The predicted molar refractivity (Wildman–Crippen MR) is 101 cm³/mol. The molecule has 4 atom stereocenters. The normalized spacial score (nSPS) is 23.9. The molecule has 0 bridgehead atoms. The zero-order valence-corrected chi connectivity index (χ0v) is 16.9. The lowest BCUT2D eigenvalue weighted by Gasteiger charge is -2.22. The minimum absolute atomic E-state index is 0.161. The lowest BCUT2D eigenvalue weighted by Crippen LogP contribution is -2.33. The summed E-state index contributed by atoms with van der Waals surface area (Å²) < 4.78 is 30.4. The summed E-state index contributed by atoms with van der Waals surface area (Å²) in [6.07, 6.45) is 0.818. The number of azide groups is 1. The average Bonchev–Trinajstić information content (AvgIpc) is 3.05. The first kappa shape index (κ1) is 22.4. The summed E-state index contributed by atoms with van der Waals surface area (Å²) in [5, 5.41) is 6.44. The Bertz CT molecular complexity index is 879. The van der Waals surface area contributed by atoms with E-state index >= 15 is 0 Å². The number of rotatable bonds is 10. The summed E-state index contributed by atoms with van der Waals surface area (Å²) in [6.45, 7) is 5.64. The maximum Gasteiger partial charge on any atom is 0.405 e. The zero-order chi connectivity index (χ0) is 20.7. The molecule has 1 aromatic heterocycles. The maximum atomic E-state index is 12.7. The van der Waals surface area contributed by atoms with Gasteiger partial charge in [0.25, 0.3) is 5.56 Å². The molecule has 1 saturated heterocycles. The molecule has 0 aromatic carbocycles. The number of hydrogen-bond acceptors (Lipinski definition) is 7. The van der Waals surface area contributed by atoms with Crippen LogP contribution in [0.4, 0.5) is 0 Å². The Kier molecular flexibility index (Phi) is 7.99. The number of aromatic nitrogens is 2. The number of aryl methyl sites for hydroxylation is 1. The number of H-pyrrole nitrogens is 1. The fraction of sp³-hybridized carbons (Fsp3) is 0.733. The number of aromatic amines is 1. The fourth-order valence-electron chi connectivity index (χ4n) is 2.74. The predicted octanol–water partition coefficient (Wildman–Crippen LogP) is 1.97. The van der Waals surface area contributed by atoms with Crippen LogP contribution in [0.1, 0.15) is 38.5 Å². The Balaban J connectivity index is 2.16. The standard InChI is InChI=1S/C15H25N6O6P/c1-4-6-17-28(24,25-5-2)26-9-12-11(19-20-16)7-13(27-12)21-8-10(3)14(22)18-15(21)23/h8,11-13H,4-7,9H2,1-3H3,(H,17,24)(H,18,22,23)/t11-,12+,13+,28?/m0/s1. The minimum Gasteiger partial charge on any atom is -0.352 e. The molecule has 13 heteroatoms. The van der Waals surface area contributed by atoms with Gasteiger partial charge in [0, 0.05) is 29.6 Å². The van der Waals surface area contributed by atoms with Gasteiger partial charge in [0.1, 0.15) is 6.23 Å². The Hall–Kier alpha value is -1.94. The van der Waals surface area contributed by atoms with Gasteiger partial charge >= 0.3 is 13.4 Å². The molecule has 2 heterocycles. The zero-order valence-electron chi connectivity index (χ0n) is 16.0. The van der Waals surface area contributed by atoms with Gasteiger partial charge in [-0.3, -0.25) is 23.4 Å². The van der Waals surface area contributed by atoms with Gasteiger partial charge in [0.15, 0.2) is 0 Å². The van der Waals surface area contributed by atoms with E-state index in [1.54, 1.807) is 13.8 Å². The van der Waals surface area contributed by atoms with Crippen LogP contribution in [0.15, 0.2) is 20.9 Å². The monoisotopic (exact) mass is 416 g/mol. The van der Waals surface area contributed by atoms with Gasteiger partial charge < -0.3 is 4.74 Å². The summed E-state index contributed by atoms with van der Waals surface area (Å²) >= 11 is 0. The Morgan fingerprint density at radius 3 is 2.86 bits per heavy atom. The highest BCUT2D eigenvalue weighted by Crippen LogP contribution is 2.44. The summed E-state index contributed by atoms with van der Waals surface area (Å²) in [7, 11) is -3.53. The highest BCUT2D eigenvalue weighted by molar-refractivity contribution is 7.51. The van der Waals surface area contributed by atoms with E-state index in [0.29, 0.717) is 12.1 Å². The van der Waals surface area contributed by atoms with Crippen molar-refractivity contribution in [3.8, 4) is 0 Å². The lowest BCUT2D eigenvalue weighted by molar-refractivity contribution is -0.0253. The van der Waals surface area contributed by atoms with Crippen LogP contribution in [-0.2, 0) is 18.3 Å². The van der Waals surface area contributed by atoms with E-state index < -0.39 is 37.4 Å². The van der Waals surface area contributed by atoms with Gasteiger partial charge in [-0.05, 0) is 25.8 Å². The third-order valence-electron chi connectivity index (χ3n) is 4.12. The van der Waals surface area contributed by atoms with E-state index in [1.165, 1.54) is 10.8 Å².